The van der Waals surface area contributed by atoms with Gasteiger partial charge >= 0.3 is 0 Å². The lowest BCUT2D eigenvalue weighted by atomic mass is 10.1. The molecule has 0 aliphatic heterocycles. The highest BCUT2D eigenvalue weighted by molar-refractivity contribution is 5.83. The molecule has 0 aromatic heterocycles. The smallest absolute Gasteiger partial charge is 0.239 e. The van der Waals surface area contributed by atoms with Crippen LogP contribution in [0.25, 0.3) is 0 Å². The van der Waals surface area contributed by atoms with E-state index in [1.807, 2.05) is 32.9 Å². The molecule has 0 saturated heterocycles. The van der Waals surface area contributed by atoms with Gasteiger partial charge in [-0.05, 0) is 32.9 Å². The average Bonchev–Trinajstić information content (AvgIpc) is 2.25. The van der Waals surface area contributed by atoms with E-state index in [2.05, 4.69) is 10.6 Å². The molecule has 1 amide bonds. The van der Waals surface area contributed by atoms with E-state index >= 15 is 0 Å². The van der Waals surface area contributed by atoms with E-state index in [1.165, 1.54) is 0 Å². The monoisotopic (exact) mass is 251 g/mol. The summed E-state index contributed by atoms with van der Waals surface area (Å²) < 4.78 is 5.11. The molecule has 0 heterocycles. The summed E-state index contributed by atoms with van der Waals surface area (Å²) in [5.41, 5.74) is 6.85. The lowest BCUT2D eigenvalue weighted by Crippen LogP contribution is -2.43. The Morgan fingerprint density at radius 2 is 2.06 bits per heavy atom. The second-order valence-corrected chi connectivity index (χ2v) is 5.07. The third-order valence-corrected chi connectivity index (χ3v) is 2.24. The molecule has 0 aliphatic carbocycles. The number of hydrogen-bond acceptors (Lipinski definition) is 4. The van der Waals surface area contributed by atoms with Crippen molar-refractivity contribution in [3.05, 3.63) is 18.2 Å². The third-order valence-electron chi connectivity index (χ3n) is 2.24. The topological polar surface area (TPSA) is 76.4 Å². The van der Waals surface area contributed by atoms with Crippen LogP contribution in [-0.2, 0) is 4.79 Å². The predicted molar refractivity (Wildman–Crippen MR) is 73.8 cm³/mol. The third kappa shape index (κ3) is 4.16. The fourth-order valence-electron chi connectivity index (χ4n) is 1.51. The van der Waals surface area contributed by atoms with Crippen molar-refractivity contribution < 1.29 is 9.53 Å². The first-order valence-electron chi connectivity index (χ1n) is 5.81. The standard InChI is InChI=1S/C13H21N3O2/c1-13(2,3)16-11(17)8-15-9-6-5-7-10(18-4)12(9)14/h5-7,15H,8,14H2,1-4H3,(H,16,17). The quantitative estimate of drug-likeness (QED) is 0.710. The lowest BCUT2D eigenvalue weighted by Gasteiger charge is -2.21. The zero-order valence-electron chi connectivity index (χ0n) is 11.3. The number of methoxy groups -OCH3 is 1. The molecular formula is C13H21N3O2. The van der Waals surface area contributed by atoms with Crippen molar-refractivity contribution in [1.29, 1.82) is 0 Å². The zero-order chi connectivity index (χ0) is 13.8. The van der Waals surface area contributed by atoms with E-state index in [0.717, 1.165) is 0 Å². The van der Waals surface area contributed by atoms with Crippen LogP contribution in [0.4, 0.5) is 11.4 Å². The predicted octanol–water partition coefficient (Wildman–Crippen LogP) is 1.60. The van der Waals surface area contributed by atoms with Crippen LogP contribution in [0, 0.1) is 0 Å². The summed E-state index contributed by atoms with van der Waals surface area (Å²) in [7, 11) is 1.56. The van der Waals surface area contributed by atoms with Crippen LogP contribution in [0.15, 0.2) is 18.2 Å². The van der Waals surface area contributed by atoms with Crippen LogP contribution >= 0.6 is 0 Å². The van der Waals surface area contributed by atoms with Gasteiger partial charge in [0.15, 0.2) is 0 Å². The molecule has 1 aromatic rings. The molecule has 0 saturated carbocycles. The molecule has 0 fully saturated rings. The largest absolute Gasteiger partial charge is 0.495 e. The number of carbonyl (C=O) groups excluding carboxylic acids is 1. The van der Waals surface area contributed by atoms with Crippen molar-refractivity contribution in [2.75, 3.05) is 24.7 Å². The summed E-state index contributed by atoms with van der Waals surface area (Å²) in [6.45, 7) is 5.98. The second-order valence-electron chi connectivity index (χ2n) is 5.07. The molecule has 18 heavy (non-hydrogen) atoms. The van der Waals surface area contributed by atoms with Gasteiger partial charge in [-0.25, -0.2) is 0 Å². The molecule has 1 aromatic carbocycles. The Balaban J connectivity index is 2.61. The van der Waals surface area contributed by atoms with Gasteiger partial charge in [0.2, 0.25) is 5.91 Å². The van der Waals surface area contributed by atoms with Crippen LogP contribution in [0.2, 0.25) is 0 Å². The van der Waals surface area contributed by atoms with Gasteiger partial charge in [-0.15, -0.1) is 0 Å². The van der Waals surface area contributed by atoms with Crippen molar-refractivity contribution in [2.24, 2.45) is 0 Å². The molecule has 0 unspecified atom stereocenters. The number of benzene rings is 1. The van der Waals surface area contributed by atoms with Crippen molar-refractivity contribution in [2.45, 2.75) is 26.3 Å². The number of anilines is 2. The van der Waals surface area contributed by atoms with Crippen molar-refractivity contribution >= 4 is 17.3 Å². The molecule has 0 atom stereocenters. The first-order chi connectivity index (χ1) is 8.33. The number of nitrogen functional groups attached to an aromatic ring is 1. The van der Waals surface area contributed by atoms with Gasteiger partial charge < -0.3 is 21.1 Å². The maximum absolute atomic E-state index is 11.7. The molecule has 0 bridgehead atoms. The van der Waals surface area contributed by atoms with Crippen LogP contribution < -0.4 is 21.1 Å². The minimum atomic E-state index is -0.237. The highest BCUT2D eigenvalue weighted by atomic mass is 16.5. The fraction of sp³-hybridized carbons (Fsp3) is 0.462. The van der Waals surface area contributed by atoms with Gasteiger partial charge in [0.1, 0.15) is 5.75 Å². The van der Waals surface area contributed by atoms with Gasteiger partial charge in [-0.3, -0.25) is 4.79 Å². The molecule has 100 valence electrons. The SMILES string of the molecule is COc1cccc(NCC(=O)NC(C)(C)C)c1N. The molecule has 0 radical (unpaired) electrons. The molecule has 4 N–H and O–H groups in total. The van der Waals surface area contributed by atoms with Crippen molar-refractivity contribution in [3.63, 3.8) is 0 Å². The second kappa shape index (κ2) is 5.62. The van der Waals surface area contributed by atoms with Gasteiger partial charge in [-0.1, -0.05) is 6.07 Å². The molecule has 5 nitrogen and oxygen atoms in total. The highest BCUT2D eigenvalue weighted by Crippen LogP contribution is 2.28. The Bertz CT molecular complexity index is 425. The summed E-state index contributed by atoms with van der Waals surface area (Å²) in [6, 6.07) is 5.40. The van der Waals surface area contributed by atoms with E-state index in [1.54, 1.807) is 13.2 Å². The number of rotatable bonds is 4. The maximum Gasteiger partial charge on any atom is 0.239 e. The van der Waals surface area contributed by atoms with Crippen LogP contribution in [0.3, 0.4) is 0 Å². The highest BCUT2D eigenvalue weighted by Gasteiger charge is 2.13. The summed E-state index contributed by atoms with van der Waals surface area (Å²) in [5.74, 6) is 0.515. The number of para-hydroxylation sites is 1. The Morgan fingerprint density at radius 3 is 2.61 bits per heavy atom. The molecular weight excluding hydrogens is 230 g/mol. The number of nitrogens with one attached hydrogen (secondary N) is 2. The maximum atomic E-state index is 11.7. The summed E-state index contributed by atoms with van der Waals surface area (Å²) in [5, 5.41) is 5.86. The summed E-state index contributed by atoms with van der Waals surface area (Å²) >= 11 is 0. The van der Waals surface area contributed by atoms with Crippen molar-refractivity contribution in [3.8, 4) is 5.75 Å². The summed E-state index contributed by atoms with van der Waals surface area (Å²) in [6.07, 6.45) is 0. The number of amides is 1. The molecule has 0 aliphatic rings. The average molecular weight is 251 g/mol. The van der Waals surface area contributed by atoms with Crippen molar-refractivity contribution in [1.82, 2.24) is 5.32 Å². The fourth-order valence-corrected chi connectivity index (χ4v) is 1.51. The zero-order valence-corrected chi connectivity index (χ0v) is 11.3. The number of ether oxygens (including phenoxy) is 1. The number of hydrogen-bond donors (Lipinski definition) is 3. The minimum Gasteiger partial charge on any atom is -0.495 e. The Labute approximate surface area is 108 Å². The molecule has 1 rings (SSSR count). The molecule has 5 heteroatoms. The van der Waals surface area contributed by atoms with Gasteiger partial charge in [0, 0.05) is 5.54 Å². The minimum absolute atomic E-state index is 0.0790. The van der Waals surface area contributed by atoms with E-state index < -0.39 is 0 Å². The Hall–Kier alpha value is -1.91. The van der Waals surface area contributed by atoms with Crippen LogP contribution in [0.5, 0.6) is 5.75 Å². The van der Waals surface area contributed by atoms with Crippen LogP contribution in [0.1, 0.15) is 20.8 Å². The van der Waals surface area contributed by atoms with E-state index in [0.29, 0.717) is 17.1 Å². The van der Waals surface area contributed by atoms with E-state index in [4.69, 9.17) is 10.5 Å². The van der Waals surface area contributed by atoms with Crippen LogP contribution in [-0.4, -0.2) is 25.1 Å². The summed E-state index contributed by atoms with van der Waals surface area (Å²) in [4.78, 5) is 11.7. The number of carbonyl (C=O) groups is 1. The normalized spacial score (nSPS) is 10.9. The van der Waals surface area contributed by atoms with Gasteiger partial charge in [-0.2, -0.15) is 0 Å². The van der Waals surface area contributed by atoms with E-state index in [9.17, 15) is 4.79 Å². The first-order valence-corrected chi connectivity index (χ1v) is 5.81. The Kier molecular flexibility index (Phi) is 4.42. The van der Waals surface area contributed by atoms with E-state index in [-0.39, 0.29) is 18.0 Å². The molecule has 0 spiro atoms. The van der Waals surface area contributed by atoms with Gasteiger partial charge in [0.05, 0.1) is 25.0 Å². The Morgan fingerprint density at radius 1 is 1.39 bits per heavy atom. The first kappa shape index (κ1) is 14.2. The van der Waals surface area contributed by atoms with Gasteiger partial charge in [0.25, 0.3) is 0 Å². The lowest BCUT2D eigenvalue weighted by molar-refractivity contribution is -0.120. The number of nitrogens with two attached hydrogens (primary N) is 1.